The van der Waals surface area contributed by atoms with E-state index in [1.165, 1.54) is 12.4 Å². The standard InChI is InChI=1S/C12H12ClN3O2S/c1-8-3-9(2)5-10(4-8)19(17,18)16-12-6-11(13)14-7-15-12/h3-7H,1-2H3,(H,14,15,16). The van der Waals surface area contributed by atoms with Crippen molar-refractivity contribution < 1.29 is 8.42 Å². The first-order chi connectivity index (χ1) is 8.87. The Morgan fingerprint density at radius 2 is 1.68 bits per heavy atom. The van der Waals surface area contributed by atoms with Gasteiger partial charge in [-0.15, -0.1) is 0 Å². The van der Waals surface area contributed by atoms with E-state index in [0.717, 1.165) is 11.1 Å². The third kappa shape index (κ3) is 3.42. The molecular formula is C12H12ClN3O2S. The number of nitrogens with zero attached hydrogens (tertiary/aromatic N) is 2. The maximum atomic E-state index is 12.2. The lowest BCUT2D eigenvalue weighted by Crippen LogP contribution is -2.14. The van der Waals surface area contributed by atoms with Crippen LogP contribution in [0.25, 0.3) is 0 Å². The minimum Gasteiger partial charge on any atom is -0.263 e. The van der Waals surface area contributed by atoms with Crippen LogP contribution in [0.15, 0.2) is 35.5 Å². The molecule has 0 amide bonds. The molecule has 100 valence electrons. The lowest BCUT2D eigenvalue weighted by atomic mass is 10.2. The van der Waals surface area contributed by atoms with E-state index in [-0.39, 0.29) is 15.9 Å². The van der Waals surface area contributed by atoms with E-state index >= 15 is 0 Å². The van der Waals surface area contributed by atoms with Crippen LogP contribution in [0.3, 0.4) is 0 Å². The lowest BCUT2D eigenvalue weighted by molar-refractivity contribution is 0.601. The molecule has 1 heterocycles. The first-order valence-electron chi connectivity index (χ1n) is 5.45. The molecular weight excluding hydrogens is 286 g/mol. The fourth-order valence-electron chi connectivity index (χ4n) is 1.67. The van der Waals surface area contributed by atoms with Crippen LogP contribution < -0.4 is 4.72 Å². The monoisotopic (exact) mass is 297 g/mol. The van der Waals surface area contributed by atoms with Crippen molar-refractivity contribution in [2.75, 3.05) is 4.72 Å². The van der Waals surface area contributed by atoms with Crippen LogP contribution in [0.5, 0.6) is 0 Å². The number of rotatable bonds is 3. The highest BCUT2D eigenvalue weighted by Gasteiger charge is 2.15. The Morgan fingerprint density at radius 3 is 2.26 bits per heavy atom. The second-order valence-electron chi connectivity index (χ2n) is 4.15. The first-order valence-corrected chi connectivity index (χ1v) is 7.31. The molecule has 0 atom stereocenters. The van der Waals surface area contributed by atoms with Gasteiger partial charge in [0.25, 0.3) is 10.0 Å². The quantitative estimate of drug-likeness (QED) is 0.884. The maximum absolute atomic E-state index is 12.2. The average Bonchev–Trinajstić information content (AvgIpc) is 2.26. The van der Waals surface area contributed by atoms with E-state index < -0.39 is 10.0 Å². The van der Waals surface area contributed by atoms with Gasteiger partial charge in [0.15, 0.2) is 0 Å². The number of benzene rings is 1. The zero-order valence-corrected chi connectivity index (χ0v) is 12.0. The lowest BCUT2D eigenvalue weighted by Gasteiger charge is -2.08. The summed E-state index contributed by atoms with van der Waals surface area (Å²) in [5.74, 6) is 0.138. The summed E-state index contributed by atoms with van der Waals surface area (Å²) in [6, 6.07) is 6.44. The summed E-state index contributed by atoms with van der Waals surface area (Å²) < 4.78 is 26.8. The highest BCUT2D eigenvalue weighted by molar-refractivity contribution is 7.92. The molecule has 0 aliphatic rings. The van der Waals surface area contributed by atoms with Gasteiger partial charge in [0.05, 0.1) is 4.90 Å². The zero-order chi connectivity index (χ0) is 14.0. The fraction of sp³-hybridized carbons (Fsp3) is 0.167. The van der Waals surface area contributed by atoms with Gasteiger partial charge in [0.2, 0.25) is 0 Å². The van der Waals surface area contributed by atoms with Gasteiger partial charge >= 0.3 is 0 Å². The molecule has 1 aromatic carbocycles. The van der Waals surface area contributed by atoms with Crippen LogP contribution in [0.4, 0.5) is 5.82 Å². The van der Waals surface area contributed by atoms with Gasteiger partial charge in [-0.05, 0) is 37.1 Å². The van der Waals surface area contributed by atoms with Crippen molar-refractivity contribution in [3.8, 4) is 0 Å². The number of hydrogen-bond acceptors (Lipinski definition) is 4. The van der Waals surface area contributed by atoms with Crippen LogP contribution >= 0.6 is 11.6 Å². The van der Waals surface area contributed by atoms with Crippen molar-refractivity contribution in [1.29, 1.82) is 0 Å². The van der Waals surface area contributed by atoms with Crippen LogP contribution in [-0.4, -0.2) is 18.4 Å². The first kappa shape index (κ1) is 13.8. The summed E-state index contributed by atoms with van der Waals surface area (Å²) in [7, 11) is -3.67. The SMILES string of the molecule is Cc1cc(C)cc(S(=O)(=O)Nc2cc(Cl)ncn2)c1. The summed E-state index contributed by atoms with van der Waals surface area (Å²) in [5.41, 5.74) is 1.75. The highest BCUT2D eigenvalue weighted by atomic mass is 35.5. The average molecular weight is 298 g/mol. The molecule has 0 saturated carbocycles. The van der Waals surface area contributed by atoms with Gasteiger partial charge in [0, 0.05) is 6.07 Å². The molecule has 0 saturated heterocycles. The smallest absolute Gasteiger partial charge is 0.263 e. The molecule has 2 aromatic rings. The summed E-state index contributed by atoms with van der Waals surface area (Å²) in [5, 5.41) is 0.174. The van der Waals surface area contributed by atoms with E-state index in [0.29, 0.717) is 0 Å². The van der Waals surface area contributed by atoms with Gasteiger partial charge in [-0.25, -0.2) is 18.4 Å². The topological polar surface area (TPSA) is 72.0 Å². The second-order valence-corrected chi connectivity index (χ2v) is 6.22. The maximum Gasteiger partial charge on any atom is 0.263 e. The van der Waals surface area contributed by atoms with Crippen LogP contribution in [0.1, 0.15) is 11.1 Å². The molecule has 0 bridgehead atoms. The van der Waals surface area contributed by atoms with Crippen LogP contribution in [-0.2, 0) is 10.0 Å². The molecule has 0 radical (unpaired) electrons. The van der Waals surface area contributed by atoms with Gasteiger partial charge in [-0.2, -0.15) is 0 Å². The number of halogens is 1. The van der Waals surface area contributed by atoms with Crippen molar-refractivity contribution in [2.45, 2.75) is 18.7 Å². The number of hydrogen-bond donors (Lipinski definition) is 1. The molecule has 0 fully saturated rings. The molecule has 1 aromatic heterocycles. The number of anilines is 1. The van der Waals surface area contributed by atoms with E-state index in [2.05, 4.69) is 14.7 Å². The second kappa shape index (κ2) is 5.14. The largest absolute Gasteiger partial charge is 0.263 e. The number of aromatic nitrogens is 2. The summed E-state index contributed by atoms with van der Waals surface area (Å²) >= 11 is 5.68. The zero-order valence-electron chi connectivity index (χ0n) is 10.4. The van der Waals surface area contributed by atoms with Crippen molar-refractivity contribution in [1.82, 2.24) is 9.97 Å². The molecule has 19 heavy (non-hydrogen) atoms. The van der Waals surface area contributed by atoms with E-state index in [1.807, 2.05) is 19.9 Å². The number of aryl methyl sites for hydroxylation is 2. The van der Waals surface area contributed by atoms with Crippen molar-refractivity contribution in [3.63, 3.8) is 0 Å². The van der Waals surface area contributed by atoms with Gasteiger partial charge in [-0.3, -0.25) is 4.72 Å². The van der Waals surface area contributed by atoms with Crippen molar-refractivity contribution in [3.05, 3.63) is 46.9 Å². The Bertz CT molecular complexity index is 696. The van der Waals surface area contributed by atoms with Crippen molar-refractivity contribution >= 4 is 27.4 Å². The van der Waals surface area contributed by atoms with E-state index in [1.54, 1.807) is 12.1 Å². The van der Waals surface area contributed by atoms with Gasteiger partial charge in [0.1, 0.15) is 17.3 Å². The predicted octanol–water partition coefficient (Wildman–Crippen LogP) is 2.55. The predicted molar refractivity (Wildman–Crippen MR) is 73.8 cm³/mol. The Hall–Kier alpha value is -1.66. The number of nitrogens with one attached hydrogen (secondary N) is 1. The Morgan fingerprint density at radius 1 is 1.05 bits per heavy atom. The molecule has 1 N–H and O–H groups in total. The van der Waals surface area contributed by atoms with Crippen molar-refractivity contribution in [2.24, 2.45) is 0 Å². The molecule has 0 aliphatic heterocycles. The van der Waals surface area contributed by atoms with Crippen LogP contribution in [0, 0.1) is 13.8 Å². The molecule has 0 unspecified atom stereocenters. The Labute approximate surface area is 116 Å². The summed E-state index contributed by atoms with van der Waals surface area (Å²) in [4.78, 5) is 7.69. The third-order valence-electron chi connectivity index (χ3n) is 2.38. The van der Waals surface area contributed by atoms with E-state index in [9.17, 15) is 8.42 Å². The molecule has 0 spiro atoms. The third-order valence-corrected chi connectivity index (χ3v) is 3.92. The number of sulfonamides is 1. The van der Waals surface area contributed by atoms with Gasteiger partial charge < -0.3 is 0 Å². The Kier molecular flexibility index (Phi) is 3.73. The molecule has 2 rings (SSSR count). The summed E-state index contributed by atoms with van der Waals surface area (Å²) in [6.07, 6.45) is 1.20. The van der Waals surface area contributed by atoms with E-state index in [4.69, 9.17) is 11.6 Å². The molecule has 7 heteroatoms. The fourth-order valence-corrected chi connectivity index (χ4v) is 3.01. The Balaban J connectivity index is 2.37. The minimum atomic E-state index is -3.67. The minimum absolute atomic E-state index is 0.138. The van der Waals surface area contributed by atoms with Crippen LogP contribution in [0.2, 0.25) is 5.15 Å². The molecule has 0 aliphatic carbocycles. The summed E-state index contributed by atoms with van der Waals surface area (Å²) in [6.45, 7) is 3.68. The van der Waals surface area contributed by atoms with Gasteiger partial charge in [-0.1, -0.05) is 17.7 Å². The highest BCUT2D eigenvalue weighted by Crippen LogP contribution is 2.18. The molecule has 5 nitrogen and oxygen atoms in total. The normalized spacial score (nSPS) is 11.3.